The van der Waals surface area contributed by atoms with Gasteiger partial charge in [0, 0.05) is 27.7 Å². The van der Waals surface area contributed by atoms with E-state index < -0.39 is 0 Å². The van der Waals surface area contributed by atoms with Gasteiger partial charge in [-0.15, -0.1) is 0 Å². The molecule has 2 aliphatic carbocycles. The highest BCUT2D eigenvalue weighted by Gasteiger charge is 2.36. The highest BCUT2D eigenvalue weighted by atomic mass is 15.1. The molecule has 7 aromatic carbocycles. The van der Waals surface area contributed by atoms with Gasteiger partial charge >= 0.3 is 0 Å². The molecule has 0 radical (unpaired) electrons. The van der Waals surface area contributed by atoms with E-state index in [9.17, 15) is 0 Å². The van der Waals surface area contributed by atoms with Crippen LogP contribution < -0.4 is 4.90 Å². The summed E-state index contributed by atoms with van der Waals surface area (Å²) in [7, 11) is 0. The number of fused-ring (bicyclic) bond motifs is 4. The second-order valence-corrected chi connectivity index (χ2v) is 16.1. The van der Waals surface area contributed by atoms with Gasteiger partial charge in [-0.2, -0.15) is 0 Å². The molecule has 7 aromatic rings. The molecule has 0 N–H and O–H groups in total. The minimum atomic E-state index is -0.0454. The van der Waals surface area contributed by atoms with Crippen molar-refractivity contribution in [1.82, 2.24) is 0 Å². The molecule has 9 rings (SSSR count). The third-order valence-corrected chi connectivity index (χ3v) is 12.7. The van der Waals surface area contributed by atoms with Gasteiger partial charge < -0.3 is 4.90 Å². The van der Waals surface area contributed by atoms with Crippen molar-refractivity contribution in [2.45, 2.75) is 84.0 Å². The zero-order chi connectivity index (χ0) is 36.8. The minimum absolute atomic E-state index is 0.0454. The normalized spacial score (nSPS) is 14.9. The number of aryl methyl sites for hydroxylation is 2. The molecule has 0 saturated heterocycles. The van der Waals surface area contributed by atoms with Crippen LogP contribution in [0.25, 0.3) is 44.2 Å². The van der Waals surface area contributed by atoms with Crippen molar-refractivity contribution in [3.63, 3.8) is 0 Å². The molecule has 0 spiro atoms. The number of benzene rings is 7. The van der Waals surface area contributed by atoms with Gasteiger partial charge in [0.15, 0.2) is 0 Å². The van der Waals surface area contributed by atoms with Crippen LogP contribution in [-0.2, 0) is 18.3 Å². The summed E-state index contributed by atoms with van der Waals surface area (Å²) >= 11 is 0. The molecule has 2 aliphatic rings. The molecule has 1 heteroatoms. The van der Waals surface area contributed by atoms with Crippen molar-refractivity contribution in [1.29, 1.82) is 0 Å². The zero-order valence-corrected chi connectivity index (χ0v) is 32.3. The van der Waals surface area contributed by atoms with E-state index in [2.05, 4.69) is 178 Å². The fraction of sp³-hybridized carbons (Fsp3) is 0.245. The monoisotopic (exact) mass is 701 g/mol. The quantitative estimate of drug-likeness (QED) is 0.152. The Morgan fingerprint density at radius 2 is 1.17 bits per heavy atom. The molecule has 0 atom stereocenters. The van der Waals surface area contributed by atoms with E-state index in [-0.39, 0.29) is 5.41 Å². The van der Waals surface area contributed by atoms with E-state index in [1.54, 1.807) is 0 Å². The van der Waals surface area contributed by atoms with E-state index in [1.165, 1.54) is 121 Å². The summed E-state index contributed by atoms with van der Waals surface area (Å²) < 4.78 is 0. The Morgan fingerprint density at radius 3 is 1.96 bits per heavy atom. The molecule has 0 heterocycles. The van der Waals surface area contributed by atoms with E-state index in [4.69, 9.17) is 0 Å². The lowest BCUT2D eigenvalue weighted by molar-refractivity contribution is 0.443. The zero-order valence-electron chi connectivity index (χ0n) is 32.3. The Hall–Kier alpha value is -5.40. The van der Waals surface area contributed by atoms with Crippen LogP contribution in [0.15, 0.2) is 146 Å². The average molecular weight is 702 g/mol. The van der Waals surface area contributed by atoms with Crippen molar-refractivity contribution in [3.05, 3.63) is 173 Å². The summed E-state index contributed by atoms with van der Waals surface area (Å²) in [5.41, 5.74) is 18.5. The molecule has 0 aliphatic heterocycles. The van der Waals surface area contributed by atoms with E-state index in [0.717, 1.165) is 12.8 Å². The standard InChI is InChI=1S/C53H51N/c1-5-36-16-10-12-20-44(36)45-31-27-41(34-37(45)6-2)47-32-26-40-19-11-13-21-46(40)52(47)54(42-28-24-39(25-29-42)38-17-8-7-9-18-38)43-30-33-51-49(35-43)48-22-14-15-23-50(48)53(51,3)4/h10-16,19-35,38H,5-9,17-18H2,1-4H3. The number of hydrogen-bond acceptors (Lipinski definition) is 1. The molecular weight excluding hydrogens is 651 g/mol. The lowest BCUT2D eigenvalue weighted by atomic mass is 9.82. The maximum Gasteiger partial charge on any atom is 0.0618 e. The summed E-state index contributed by atoms with van der Waals surface area (Å²) in [6.07, 6.45) is 8.64. The van der Waals surface area contributed by atoms with Gasteiger partial charge in [-0.05, 0) is 117 Å². The summed E-state index contributed by atoms with van der Waals surface area (Å²) in [4.78, 5) is 2.56. The lowest BCUT2D eigenvalue weighted by Gasteiger charge is -2.31. The molecule has 0 bridgehead atoms. The Labute approximate surface area is 322 Å². The molecule has 1 saturated carbocycles. The first-order valence-electron chi connectivity index (χ1n) is 20.3. The largest absolute Gasteiger partial charge is 0.309 e. The Morgan fingerprint density at radius 1 is 0.519 bits per heavy atom. The third kappa shape index (κ3) is 5.86. The number of rotatable bonds is 8. The summed E-state index contributed by atoms with van der Waals surface area (Å²) in [5.74, 6) is 0.664. The van der Waals surface area contributed by atoms with Crippen LogP contribution in [0, 0.1) is 0 Å². The van der Waals surface area contributed by atoms with Crippen LogP contribution in [0.5, 0.6) is 0 Å². The first-order chi connectivity index (χ1) is 26.5. The predicted octanol–water partition coefficient (Wildman–Crippen LogP) is 15.1. The summed E-state index contributed by atoms with van der Waals surface area (Å²) in [6.45, 7) is 9.29. The van der Waals surface area contributed by atoms with Gasteiger partial charge in [-0.25, -0.2) is 0 Å². The van der Waals surface area contributed by atoms with Gasteiger partial charge in [0.05, 0.1) is 5.69 Å². The van der Waals surface area contributed by atoms with Gasteiger partial charge in [0.1, 0.15) is 0 Å². The molecule has 0 amide bonds. The summed E-state index contributed by atoms with van der Waals surface area (Å²) in [5, 5.41) is 2.50. The molecular formula is C53H51N. The maximum absolute atomic E-state index is 2.56. The SMILES string of the molecule is CCc1ccccc1-c1ccc(-c2ccc3ccccc3c2N(c2ccc(C3CCCCC3)cc2)c2ccc3c(c2)-c2ccccc2C3(C)C)cc1CC. The van der Waals surface area contributed by atoms with Gasteiger partial charge in [0.2, 0.25) is 0 Å². The second-order valence-electron chi connectivity index (χ2n) is 16.1. The highest BCUT2D eigenvalue weighted by molar-refractivity contribution is 6.06. The Kier molecular flexibility index (Phi) is 8.98. The Balaban J connectivity index is 1.27. The lowest BCUT2D eigenvalue weighted by Crippen LogP contribution is -2.16. The second kappa shape index (κ2) is 14.1. The molecule has 1 fully saturated rings. The van der Waals surface area contributed by atoms with Crippen LogP contribution in [0.4, 0.5) is 17.1 Å². The smallest absolute Gasteiger partial charge is 0.0618 e. The molecule has 268 valence electrons. The first-order valence-corrected chi connectivity index (χ1v) is 20.3. The summed E-state index contributed by atoms with van der Waals surface area (Å²) in [6, 6.07) is 55.6. The van der Waals surface area contributed by atoms with Gasteiger partial charge in [-0.1, -0.05) is 168 Å². The topological polar surface area (TPSA) is 3.24 Å². The highest BCUT2D eigenvalue weighted by Crippen LogP contribution is 2.52. The maximum atomic E-state index is 2.56. The van der Waals surface area contributed by atoms with E-state index >= 15 is 0 Å². The van der Waals surface area contributed by atoms with Crippen LogP contribution in [0.3, 0.4) is 0 Å². The van der Waals surface area contributed by atoms with Crippen molar-refractivity contribution in [2.24, 2.45) is 0 Å². The van der Waals surface area contributed by atoms with Crippen LogP contribution in [-0.4, -0.2) is 0 Å². The molecule has 0 aromatic heterocycles. The minimum Gasteiger partial charge on any atom is -0.309 e. The molecule has 54 heavy (non-hydrogen) atoms. The van der Waals surface area contributed by atoms with Crippen molar-refractivity contribution >= 4 is 27.8 Å². The number of hydrogen-bond donors (Lipinski definition) is 0. The van der Waals surface area contributed by atoms with Crippen LogP contribution in [0.2, 0.25) is 0 Å². The fourth-order valence-corrected chi connectivity index (χ4v) is 9.72. The van der Waals surface area contributed by atoms with Gasteiger partial charge in [-0.3, -0.25) is 0 Å². The Bertz CT molecular complexity index is 2480. The van der Waals surface area contributed by atoms with E-state index in [0.29, 0.717) is 5.92 Å². The average Bonchev–Trinajstić information content (AvgIpc) is 3.46. The third-order valence-electron chi connectivity index (χ3n) is 12.7. The molecule has 0 unspecified atom stereocenters. The first kappa shape index (κ1) is 34.4. The van der Waals surface area contributed by atoms with Crippen molar-refractivity contribution in [3.8, 4) is 33.4 Å². The van der Waals surface area contributed by atoms with E-state index in [1.807, 2.05) is 0 Å². The van der Waals surface area contributed by atoms with Crippen molar-refractivity contribution < 1.29 is 0 Å². The van der Waals surface area contributed by atoms with Crippen LogP contribution >= 0.6 is 0 Å². The van der Waals surface area contributed by atoms with Crippen molar-refractivity contribution in [2.75, 3.05) is 4.90 Å². The van der Waals surface area contributed by atoms with Crippen LogP contribution in [0.1, 0.15) is 93.5 Å². The molecule has 1 nitrogen and oxygen atoms in total. The number of nitrogens with zero attached hydrogens (tertiary/aromatic N) is 1. The fourth-order valence-electron chi connectivity index (χ4n) is 9.72. The van der Waals surface area contributed by atoms with Gasteiger partial charge in [0.25, 0.3) is 0 Å². The predicted molar refractivity (Wildman–Crippen MR) is 232 cm³/mol. The number of anilines is 3.